The fourth-order valence-electron chi connectivity index (χ4n) is 3.34. The topological polar surface area (TPSA) is 41.6 Å². The number of rotatable bonds is 7. The molecule has 4 nitrogen and oxygen atoms in total. The first-order valence-corrected chi connectivity index (χ1v) is 9.47. The van der Waals surface area contributed by atoms with Gasteiger partial charge in [0.25, 0.3) is 5.91 Å². The molecule has 26 heavy (non-hydrogen) atoms. The number of benzene rings is 2. The van der Waals surface area contributed by atoms with Crippen LogP contribution in [0.5, 0.6) is 5.75 Å². The summed E-state index contributed by atoms with van der Waals surface area (Å²) in [5.74, 6) is 0.660. The molecule has 0 saturated heterocycles. The maximum Gasteiger partial charge on any atom is 0.260 e. The Bertz CT molecular complexity index is 727. The first-order chi connectivity index (χ1) is 12.6. The van der Waals surface area contributed by atoms with Gasteiger partial charge in [-0.3, -0.25) is 4.79 Å². The molecule has 0 fully saturated rings. The molecule has 1 unspecified atom stereocenters. The van der Waals surface area contributed by atoms with Crippen molar-refractivity contribution in [3.8, 4) is 5.75 Å². The van der Waals surface area contributed by atoms with Gasteiger partial charge in [-0.2, -0.15) is 0 Å². The highest BCUT2D eigenvalue weighted by Crippen LogP contribution is 2.26. The predicted molar refractivity (Wildman–Crippen MR) is 106 cm³/mol. The molecule has 0 saturated carbocycles. The van der Waals surface area contributed by atoms with Gasteiger partial charge >= 0.3 is 0 Å². The van der Waals surface area contributed by atoms with Crippen LogP contribution in [0, 0.1) is 6.92 Å². The van der Waals surface area contributed by atoms with Crippen molar-refractivity contribution < 1.29 is 9.53 Å². The van der Waals surface area contributed by atoms with E-state index in [2.05, 4.69) is 34.5 Å². The lowest BCUT2D eigenvalue weighted by Gasteiger charge is -2.31. The summed E-state index contributed by atoms with van der Waals surface area (Å²) >= 11 is 0. The summed E-state index contributed by atoms with van der Waals surface area (Å²) in [5.41, 5.74) is 3.96. The highest BCUT2D eigenvalue weighted by Gasteiger charge is 2.17. The third-order valence-electron chi connectivity index (χ3n) is 4.81. The minimum absolute atomic E-state index is 0.0652. The van der Waals surface area contributed by atoms with Crippen LogP contribution >= 0.6 is 0 Å². The highest BCUT2D eigenvalue weighted by molar-refractivity contribution is 5.80. The quantitative estimate of drug-likeness (QED) is 0.772. The van der Waals surface area contributed by atoms with Gasteiger partial charge in [-0.15, -0.1) is 0 Å². The van der Waals surface area contributed by atoms with Crippen molar-refractivity contribution in [2.24, 2.45) is 0 Å². The fourth-order valence-corrected chi connectivity index (χ4v) is 3.34. The van der Waals surface area contributed by atoms with E-state index in [0.29, 0.717) is 6.54 Å². The number of aryl methyl sites for hydroxylation is 2. The summed E-state index contributed by atoms with van der Waals surface area (Å²) in [7, 11) is 0. The summed E-state index contributed by atoms with van der Waals surface area (Å²) in [6.07, 6.45) is 2.80. The van der Waals surface area contributed by atoms with Crippen LogP contribution in [0.25, 0.3) is 0 Å². The third kappa shape index (κ3) is 4.78. The number of ether oxygens (including phenoxy) is 1. The molecule has 0 aromatic heterocycles. The number of nitrogens with one attached hydrogen (secondary N) is 1. The zero-order chi connectivity index (χ0) is 18.4. The Morgan fingerprint density at radius 2 is 1.96 bits per heavy atom. The largest absolute Gasteiger partial charge is 0.481 e. The summed E-state index contributed by atoms with van der Waals surface area (Å²) in [6.45, 7) is 6.54. The van der Waals surface area contributed by atoms with E-state index in [-0.39, 0.29) is 5.91 Å². The Morgan fingerprint density at radius 3 is 2.77 bits per heavy atom. The molecule has 0 aliphatic carbocycles. The van der Waals surface area contributed by atoms with Crippen LogP contribution in [-0.2, 0) is 11.2 Å². The van der Waals surface area contributed by atoms with Gasteiger partial charge in [0, 0.05) is 25.3 Å². The Hall–Kier alpha value is -2.49. The lowest BCUT2D eigenvalue weighted by atomic mass is 10.0. The van der Waals surface area contributed by atoms with E-state index in [9.17, 15) is 4.79 Å². The molecule has 0 radical (unpaired) electrons. The van der Waals surface area contributed by atoms with Gasteiger partial charge < -0.3 is 15.0 Å². The smallest absolute Gasteiger partial charge is 0.260 e. The molecule has 3 rings (SSSR count). The fraction of sp³-hybridized carbons (Fsp3) is 0.409. The van der Waals surface area contributed by atoms with Crippen molar-refractivity contribution in [3.63, 3.8) is 0 Å². The molecule has 0 bridgehead atoms. The number of amides is 1. The van der Waals surface area contributed by atoms with E-state index < -0.39 is 6.10 Å². The van der Waals surface area contributed by atoms with Crippen LogP contribution in [-0.4, -0.2) is 31.6 Å². The molecule has 4 heteroatoms. The Kier molecular flexibility index (Phi) is 6.16. The number of carbonyl (C=O) groups is 1. The monoisotopic (exact) mass is 352 g/mol. The lowest BCUT2D eigenvalue weighted by Crippen LogP contribution is -2.38. The third-order valence-corrected chi connectivity index (χ3v) is 4.81. The van der Waals surface area contributed by atoms with E-state index in [1.807, 2.05) is 31.2 Å². The van der Waals surface area contributed by atoms with E-state index in [1.54, 1.807) is 6.92 Å². The molecule has 138 valence electrons. The molecule has 1 aliphatic rings. The minimum Gasteiger partial charge on any atom is -0.481 e. The van der Waals surface area contributed by atoms with Crippen molar-refractivity contribution in [1.29, 1.82) is 0 Å². The Morgan fingerprint density at radius 1 is 1.19 bits per heavy atom. The molecule has 2 aromatic carbocycles. The number of carbonyl (C=O) groups excluding carboxylic acids is 1. The molecule has 0 spiro atoms. The molecule has 1 atom stereocenters. The summed E-state index contributed by atoms with van der Waals surface area (Å²) in [5, 5.41) is 2.99. The van der Waals surface area contributed by atoms with E-state index in [0.717, 1.165) is 31.7 Å². The zero-order valence-electron chi connectivity index (χ0n) is 15.7. The SMILES string of the molecule is Cc1ccc(OC(C)C(=O)NCCCN2CCCc3ccccc32)cc1. The molecule has 1 aliphatic heterocycles. The standard InChI is InChI=1S/C22H28N2O2/c1-17-10-12-20(13-11-17)26-18(2)22(25)23-14-6-16-24-15-5-8-19-7-3-4-9-21(19)24/h3-4,7,9-13,18H,5-6,8,14-16H2,1-2H3,(H,23,25). The van der Waals surface area contributed by atoms with Crippen LogP contribution < -0.4 is 15.0 Å². The highest BCUT2D eigenvalue weighted by atomic mass is 16.5. The van der Waals surface area contributed by atoms with E-state index in [4.69, 9.17) is 4.74 Å². The number of para-hydroxylation sites is 1. The summed E-state index contributed by atoms with van der Waals surface area (Å²) in [6, 6.07) is 16.4. The number of nitrogens with zero attached hydrogens (tertiary/aromatic N) is 1. The van der Waals surface area contributed by atoms with Crippen LogP contribution in [0.4, 0.5) is 5.69 Å². The lowest BCUT2D eigenvalue weighted by molar-refractivity contribution is -0.127. The van der Waals surface area contributed by atoms with Gasteiger partial charge in [-0.05, 0) is 56.9 Å². The molecular formula is C22H28N2O2. The van der Waals surface area contributed by atoms with Gasteiger partial charge in [-0.25, -0.2) is 0 Å². The van der Waals surface area contributed by atoms with Crippen molar-refractivity contribution in [3.05, 3.63) is 59.7 Å². The summed E-state index contributed by atoms with van der Waals surface area (Å²) in [4.78, 5) is 14.6. The van der Waals surface area contributed by atoms with Crippen LogP contribution in [0.15, 0.2) is 48.5 Å². The minimum atomic E-state index is -0.492. The number of hydrogen-bond donors (Lipinski definition) is 1. The van der Waals surface area contributed by atoms with Gasteiger partial charge in [-0.1, -0.05) is 35.9 Å². The molecule has 1 N–H and O–H groups in total. The maximum absolute atomic E-state index is 12.2. The van der Waals surface area contributed by atoms with Crippen molar-refractivity contribution in [2.75, 3.05) is 24.5 Å². The van der Waals surface area contributed by atoms with Crippen molar-refractivity contribution in [2.45, 2.75) is 39.2 Å². The second kappa shape index (κ2) is 8.75. The second-order valence-corrected chi connectivity index (χ2v) is 6.94. The number of fused-ring (bicyclic) bond motifs is 1. The normalized spacial score (nSPS) is 14.5. The van der Waals surface area contributed by atoms with Crippen LogP contribution in [0.3, 0.4) is 0 Å². The average molecular weight is 352 g/mol. The Balaban J connectivity index is 1.41. The molecule has 1 amide bonds. The predicted octanol–water partition coefficient (Wildman–Crippen LogP) is 3.72. The van der Waals surface area contributed by atoms with Gasteiger partial charge in [0.05, 0.1) is 0 Å². The van der Waals surface area contributed by atoms with E-state index >= 15 is 0 Å². The molecule has 2 aromatic rings. The average Bonchev–Trinajstić information content (AvgIpc) is 2.67. The maximum atomic E-state index is 12.2. The van der Waals surface area contributed by atoms with Gasteiger partial charge in [0.2, 0.25) is 0 Å². The Labute approximate surface area is 156 Å². The summed E-state index contributed by atoms with van der Waals surface area (Å²) < 4.78 is 5.70. The van der Waals surface area contributed by atoms with Crippen molar-refractivity contribution in [1.82, 2.24) is 5.32 Å². The zero-order valence-corrected chi connectivity index (χ0v) is 15.7. The second-order valence-electron chi connectivity index (χ2n) is 6.94. The van der Waals surface area contributed by atoms with Crippen LogP contribution in [0.1, 0.15) is 30.9 Å². The van der Waals surface area contributed by atoms with Crippen LogP contribution in [0.2, 0.25) is 0 Å². The first kappa shape index (κ1) is 18.3. The first-order valence-electron chi connectivity index (χ1n) is 9.47. The van der Waals surface area contributed by atoms with E-state index in [1.165, 1.54) is 23.2 Å². The van der Waals surface area contributed by atoms with Crippen molar-refractivity contribution >= 4 is 11.6 Å². The molecular weight excluding hydrogens is 324 g/mol. The number of anilines is 1. The molecule has 1 heterocycles. The number of hydrogen-bond acceptors (Lipinski definition) is 3. The van der Waals surface area contributed by atoms with Gasteiger partial charge in [0.1, 0.15) is 5.75 Å². The van der Waals surface area contributed by atoms with Gasteiger partial charge in [0.15, 0.2) is 6.10 Å².